The van der Waals surface area contributed by atoms with Crippen LogP contribution in [-0.2, 0) is 0 Å². The average Bonchev–Trinajstić information content (AvgIpc) is 2.36. The zero-order valence-electron chi connectivity index (χ0n) is 6.83. The van der Waals surface area contributed by atoms with Gasteiger partial charge in [-0.25, -0.2) is 0 Å². The van der Waals surface area contributed by atoms with E-state index in [-0.39, 0.29) is 6.61 Å². The summed E-state index contributed by atoms with van der Waals surface area (Å²) in [5, 5.41) is 12.3. The second-order valence-electron chi connectivity index (χ2n) is 3.07. The summed E-state index contributed by atoms with van der Waals surface area (Å²) in [6.07, 6.45) is 0. The molecule has 0 amide bonds. The molecule has 1 rings (SSSR count). The van der Waals surface area contributed by atoms with Crippen LogP contribution < -0.4 is 5.32 Å². The zero-order chi connectivity index (χ0) is 9.19. The normalized spacial score (nSPS) is 11.7. The first kappa shape index (κ1) is 9.70. The van der Waals surface area contributed by atoms with Crippen LogP contribution in [-0.4, -0.2) is 26.0 Å². The highest BCUT2D eigenvalue weighted by Gasteiger charge is 2.18. The molecule has 6 heteroatoms. The van der Waals surface area contributed by atoms with Crippen molar-refractivity contribution in [2.75, 3.05) is 11.9 Å². The topological polar surface area (TPSA) is 58.0 Å². The SMILES string of the molecule is CC(C)(CO)Nc1nsnc1Cl. The van der Waals surface area contributed by atoms with Crippen molar-refractivity contribution in [3.63, 3.8) is 0 Å². The van der Waals surface area contributed by atoms with Crippen molar-refractivity contribution in [3.05, 3.63) is 5.15 Å². The Bertz CT molecular complexity index is 263. The Kier molecular flexibility index (Phi) is 2.87. The van der Waals surface area contributed by atoms with E-state index in [4.69, 9.17) is 16.7 Å². The Morgan fingerprint density at radius 2 is 2.25 bits per heavy atom. The molecule has 0 saturated heterocycles. The number of nitrogens with zero attached hydrogens (tertiary/aromatic N) is 2. The van der Waals surface area contributed by atoms with Gasteiger partial charge in [0.05, 0.1) is 23.9 Å². The van der Waals surface area contributed by atoms with Crippen LogP contribution in [0.2, 0.25) is 5.15 Å². The van der Waals surface area contributed by atoms with Crippen LogP contribution in [0.3, 0.4) is 0 Å². The first-order chi connectivity index (χ1) is 5.55. The van der Waals surface area contributed by atoms with Crippen molar-refractivity contribution in [2.24, 2.45) is 0 Å². The number of halogens is 1. The summed E-state index contributed by atoms with van der Waals surface area (Å²) in [6, 6.07) is 0. The lowest BCUT2D eigenvalue weighted by Gasteiger charge is -2.22. The third-order valence-electron chi connectivity index (χ3n) is 1.30. The number of aliphatic hydroxyl groups excluding tert-OH is 1. The van der Waals surface area contributed by atoms with Gasteiger partial charge in [0.25, 0.3) is 0 Å². The van der Waals surface area contributed by atoms with Crippen LogP contribution >= 0.6 is 23.3 Å². The largest absolute Gasteiger partial charge is 0.394 e. The molecule has 0 fully saturated rings. The monoisotopic (exact) mass is 207 g/mol. The van der Waals surface area contributed by atoms with E-state index in [9.17, 15) is 0 Å². The highest BCUT2D eigenvalue weighted by Crippen LogP contribution is 2.21. The fourth-order valence-corrected chi connectivity index (χ4v) is 1.26. The maximum atomic E-state index is 8.93. The van der Waals surface area contributed by atoms with Crippen LogP contribution in [0.4, 0.5) is 5.82 Å². The molecule has 0 spiro atoms. The van der Waals surface area contributed by atoms with E-state index >= 15 is 0 Å². The number of nitrogens with one attached hydrogen (secondary N) is 1. The second kappa shape index (κ2) is 3.55. The molecule has 0 saturated carbocycles. The lowest BCUT2D eigenvalue weighted by molar-refractivity contribution is 0.234. The Hall–Kier alpha value is -0.390. The molecule has 0 unspecified atom stereocenters. The van der Waals surface area contributed by atoms with Gasteiger partial charge < -0.3 is 10.4 Å². The quantitative estimate of drug-likeness (QED) is 0.786. The number of aliphatic hydroxyl groups is 1. The van der Waals surface area contributed by atoms with Crippen molar-refractivity contribution in [2.45, 2.75) is 19.4 Å². The molecule has 0 aliphatic heterocycles. The lowest BCUT2D eigenvalue weighted by atomic mass is 10.1. The molecule has 0 atom stereocenters. The molecular weight excluding hydrogens is 198 g/mol. The van der Waals surface area contributed by atoms with Crippen LogP contribution in [0.1, 0.15) is 13.8 Å². The molecule has 2 N–H and O–H groups in total. The van der Waals surface area contributed by atoms with Gasteiger partial charge in [0.2, 0.25) is 0 Å². The van der Waals surface area contributed by atoms with E-state index in [1.165, 1.54) is 0 Å². The van der Waals surface area contributed by atoms with E-state index in [1.807, 2.05) is 13.8 Å². The van der Waals surface area contributed by atoms with E-state index in [0.29, 0.717) is 11.0 Å². The van der Waals surface area contributed by atoms with Crippen molar-refractivity contribution in [3.8, 4) is 0 Å². The van der Waals surface area contributed by atoms with Crippen molar-refractivity contribution in [1.82, 2.24) is 8.75 Å². The molecule has 0 aliphatic carbocycles. The molecule has 1 heterocycles. The van der Waals surface area contributed by atoms with E-state index < -0.39 is 5.54 Å². The minimum absolute atomic E-state index is 0.0147. The molecule has 68 valence electrons. The standard InChI is InChI=1S/C6H10ClN3OS/c1-6(2,3-11)8-5-4(7)9-12-10-5/h11H,3H2,1-2H3,(H,8,10). The van der Waals surface area contributed by atoms with E-state index in [1.54, 1.807) is 0 Å². The van der Waals surface area contributed by atoms with Gasteiger partial charge in [0, 0.05) is 0 Å². The van der Waals surface area contributed by atoms with Gasteiger partial charge in [0.15, 0.2) is 11.0 Å². The highest BCUT2D eigenvalue weighted by molar-refractivity contribution is 6.99. The molecule has 0 radical (unpaired) electrons. The lowest BCUT2D eigenvalue weighted by Crippen LogP contribution is -2.35. The predicted molar refractivity (Wildman–Crippen MR) is 49.7 cm³/mol. The van der Waals surface area contributed by atoms with Gasteiger partial charge >= 0.3 is 0 Å². The molecule has 1 aromatic rings. The van der Waals surface area contributed by atoms with E-state index in [0.717, 1.165) is 11.7 Å². The molecule has 0 bridgehead atoms. The van der Waals surface area contributed by atoms with Crippen molar-refractivity contribution < 1.29 is 5.11 Å². The zero-order valence-corrected chi connectivity index (χ0v) is 8.41. The van der Waals surface area contributed by atoms with Gasteiger partial charge in [-0.1, -0.05) is 11.6 Å². The van der Waals surface area contributed by atoms with Gasteiger partial charge in [0.1, 0.15) is 0 Å². The van der Waals surface area contributed by atoms with Crippen molar-refractivity contribution in [1.29, 1.82) is 0 Å². The molecule has 1 aromatic heterocycles. The number of hydrogen-bond donors (Lipinski definition) is 2. The first-order valence-corrected chi connectivity index (χ1v) is 4.53. The fraction of sp³-hybridized carbons (Fsp3) is 0.667. The van der Waals surface area contributed by atoms with Gasteiger partial charge in [-0.3, -0.25) is 0 Å². The smallest absolute Gasteiger partial charge is 0.186 e. The van der Waals surface area contributed by atoms with Crippen LogP contribution in [0, 0.1) is 0 Å². The van der Waals surface area contributed by atoms with E-state index in [2.05, 4.69) is 14.1 Å². The first-order valence-electron chi connectivity index (χ1n) is 3.42. The number of rotatable bonds is 3. The molecule has 4 nitrogen and oxygen atoms in total. The van der Waals surface area contributed by atoms with Crippen molar-refractivity contribution >= 4 is 29.1 Å². The fourth-order valence-electron chi connectivity index (χ4n) is 0.612. The predicted octanol–water partition coefficient (Wildman–Crippen LogP) is 1.37. The third-order valence-corrected chi connectivity index (χ3v) is 2.19. The number of aromatic nitrogens is 2. The van der Waals surface area contributed by atoms with Crippen LogP contribution in [0.5, 0.6) is 0 Å². The molecule has 12 heavy (non-hydrogen) atoms. The minimum Gasteiger partial charge on any atom is -0.394 e. The summed E-state index contributed by atoms with van der Waals surface area (Å²) in [5.41, 5.74) is -0.417. The number of hydrogen-bond acceptors (Lipinski definition) is 5. The van der Waals surface area contributed by atoms with Gasteiger partial charge in [-0.05, 0) is 13.8 Å². The summed E-state index contributed by atoms with van der Waals surface area (Å²) in [4.78, 5) is 0. The number of anilines is 1. The Labute approximate surface area is 79.9 Å². The van der Waals surface area contributed by atoms with Gasteiger partial charge in [-0.2, -0.15) is 8.75 Å². The van der Waals surface area contributed by atoms with Crippen LogP contribution in [0.15, 0.2) is 0 Å². The Morgan fingerprint density at radius 1 is 1.58 bits per heavy atom. The summed E-state index contributed by atoms with van der Waals surface area (Å²) in [7, 11) is 0. The summed E-state index contributed by atoms with van der Waals surface area (Å²) in [5.74, 6) is 0.528. The molecule has 0 aliphatic rings. The summed E-state index contributed by atoms with van der Waals surface area (Å²) in [6.45, 7) is 3.71. The summed E-state index contributed by atoms with van der Waals surface area (Å²) < 4.78 is 7.71. The Morgan fingerprint density at radius 3 is 2.67 bits per heavy atom. The van der Waals surface area contributed by atoms with Gasteiger partial charge in [-0.15, -0.1) is 0 Å². The average molecular weight is 208 g/mol. The maximum absolute atomic E-state index is 8.93. The Balaban J connectivity index is 2.70. The molecule has 0 aromatic carbocycles. The summed E-state index contributed by atoms with van der Waals surface area (Å²) >= 11 is 6.74. The highest BCUT2D eigenvalue weighted by atomic mass is 35.5. The maximum Gasteiger partial charge on any atom is 0.186 e. The van der Waals surface area contributed by atoms with Crippen LogP contribution in [0.25, 0.3) is 0 Å². The second-order valence-corrected chi connectivity index (χ2v) is 3.96. The molecular formula is C6H10ClN3OS. The minimum atomic E-state index is -0.417. The third kappa shape index (κ3) is 2.30.